The Balaban J connectivity index is 4.68. The largest absolute Gasteiger partial charge is 0.460 e. The van der Waals surface area contributed by atoms with Crippen LogP contribution in [0.2, 0.25) is 12.6 Å². The zero-order valence-electron chi connectivity index (χ0n) is 11.1. The zero-order valence-corrected chi connectivity index (χ0v) is 12.1. The minimum atomic E-state index is -1.95. The molecule has 2 unspecified atom stereocenters. The van der Waals surface area contributed by atoms with Crippen molar-refractivity contribution in [2.75, 3.05) is 6.61 Å². The van der Waals surface area contributed by atoms with E-state index in [9.17, 15) is 4.79 Å². The van der Waals surface area contributed by atoms with Crippen LogP contribution in [0, 0.1) is 0 Å². The van der Waals surface area contributed by atoms with Gasteiger partial charge in [-0.25, -0.2) is 4.79 Å². The molecule has 94 valence electrons. The smallest absolute Gasteiger partial charge is 0.333 e. The molecule has 0 aromatic heterocycles. The van der Waals surface area contributed by atoms with Crippen molar-refractivity contribution in [1.29, 1.82) is 0 Å². The van der Waals surface area contributed by atoms with Gasteiger partial charge in [-0.1, -0.05) is 20.4 Å². The molecule has 0 radical (unpaired) electrons. The van der Waals surface area contributed by atoms with Gasteiger partial charge in [-0.3, -0.25) is 0 Å². The molecule has 2 atom stereocenters. The van der Waals surface area contributed by atoms with E-state index in [1.54, 1.807) is 6.92 Å². The number of hydrogen-bond acceptors (Lipinski definition) is 3. The summed E-state index contributed by atoms with van der Waals surface area (Å²) < 4.78 is 11.3. The predicted molar refractivity (Wildman–Crippen MR) is 68.7 cm³/mol. The molecular formula is C12H24O3Si. The molecule has 0 aromatic rings. The van der Waals surface area contributed by atoms with Crippen LogP contribution in [-0.2, 0) is 14.0 Å². The van der Waals surface area contributed by atoms with E-state index in [4.69, 9.17) is 9.16 Å². The maximum atomic E-state index is 11.5. The van der Waals surface area contributed by atoms with Crippen LogP contribution in [0.15, 0.2) is 12.2 Å². The van der Waals surface area contributed by atoms with E-state index in [2.05, 4.69) is 20.0 Å². The molecule has 0 saturated carbocycles. The van der Waals surface area contributed by atoms with Crippen LogP contribution >= 0.6 is 0 Å². The summed E-state index contributed by atoms with van der Waals surface area (Å²) >= 11 is 0. The number of carbonyl (C=O) groups excluding carboxylic acids is 1. The van der Waals surface area contributed by atoms with E-state index in [1.807, 2.05) is 13.8 Å². The van der Waals surface area contributed by atoms with Gasteiger partial charge < -0.3 is 9.16 Å². The fourth-order valence-corrected chi connectivity index (χ4v) is 4.35. The summed E-state index contributed by atoms with van der Waals surface area (Å²) in [5, 5.41) is 0. The molecule has 0 aromatic carbocycles. The van der Waals surface area contributed by atoms with Gasteiger partial charge in [0.1, 0.15) is 5.73 Å². The Hall–Kier alpha value is -0.613. The number of ether oxygens (including phenoxy) is 1. The Kier molecular flexibility index (Phi) is 6.60. The summed E-state index contributed by atoms with van der Waals surface area (Å²) in [5.41, 5.74) is 0.365. The molecule has 4 heteroatoms. The molecule has 0 saturated heterocycles. The summed E-state index contributed by atoms with van der Waals surface area (Å²) in [6.45, 7) is 14.2. The zero-order chi connectivity index (χ0) is 12.8. The molecule has 0 heterocycles. The van der Waals surface area contributed by atoms with Crippen LogP contribution in [0.5, 0.6) is 0 Å². The van der Waals surface area contributed by atoms with Gasteiger partial charge in [-0.05, 0) is 32.9 Å². The lowest BCUT2D eigenvalue weighted by atomic mass is 10.4. The quantitative estimate of drug-likeness (QED) is 0.392. The summed E-state index contributed by atoms with van der Waals surface area (Å²) in [7, 11) is -1.95. The monoisotopic (exact) mass is 244 g/mol. The first-order valence-corrected chi connectivity index (χ1v) is 8.60. The summed E-state index contributed by atoms with van der Waals surface area (Å²) in [5.74, 6) is -0.307. The first-order chi connectivity index (χ1) is 7.41. The maximum Gasteiger partial charge on any atom is 0.333 e. The minimum Gasteiger partial charge on any atom is -0.460 e. The molecular weight excluding hydrogens is 220 g/mol. The van der Waals surface area contributed by atoms with E-state index in [-0.39, 0.29) is 11.7 Å². The van der Waals surface area contributed by atoms with Crippen molar-refractivity contribution in [1.82, 2.24) is 0 Å². The lowest BCUT2D eigenvalue weighted by Gasteiger charge is -2.33. The van der Waals surface area contributed by atoms with Crippen LogP contribution in [0.25, 0.3) is 0 Å². The summed E-state index contributed by atoms with van der Waals surface area (Å²) in [6.07, 6.45) is 0.801. The van der Waals surface area contributed by atoms with Crippen molar-refractivity contribution in [2.24, 2.45) is 0 Å². The second-order valence-corrected chi connectivity index (χ2v) is 8.45. The number of hydrogen-bond donors (Lipinski definition) is 0. The highest BCUT2D eigenvalue weighted by atomic mass is 28.4. The van der Waals surface area contributed by atoms with E-state index < -0.39 is 8.32 Å². The van der Waals surface area contributed by atoms with Crippen LogP contribution in [0.3, 0.4) is 0 Å². The lowest BCUT2D eigenvalue weighted by molar-refractivity contribution is -0.141. The fourth-order valence-electron chi connectivity index (χ4n) is 1.62. The first kappa shape index (κ1) is 15.4. The third kappa shape index (κ3) is 4.10. The second-order valence-electron chi connectivity index (χ2n) is 4.18. The van der Waals surface area contributed by atoms with Crippen LogP contribution < -0.4 is 0 Å². The Bertz CT molecular complexity index is 253. The van der Waals surface area contributed by atoms with E-state index in [1.165, 1.54) is 0 Å². The van der Waals surface area contributed by atoms with Gasteiger partial charge in [-0.2, -0.15) is 0 Å². The second kappa shape index (κ2) is 6.86. The SMILES string of the molecule is C=C(C)C(=O)OC(CC)[Si](C)(CC)OCC. The van der Waals surface area contributed by atoms with Crippen LogP contribution in [0.4, 0.5) is 0 Å². The van der Waals surface area contributed by atoms with Gasteiger partial charge in [0.15, 0.2) is 0 Å². The number of esters is 1. The third-order valence-corrected chi connectivity index (χ3v) is 7.07. The van der Waals surface area contributed by atoms with E-state index >= 15 is 0 Å². The Morgan fingerprint density at radius 1 is 1.38 bits per heavy atom. The highest BCUT2D eigenvalue weighted by Gasteiger charge is 2.38. The van der Waals surface area contributed by atoms with Crippen molar-refractivity contribution in [3.8, 4) is 0 Å². The average Bonchev–Trinajstić information content (AvgIpc) is 2.25. The molecule has 0 spiro atoms. The van der Waals surface area contributed by atoms with Gasteiger partial charge >= 0.3 is 5.97 Å². The fraction of sp³-hybridized carbons (Fsp3) is 0.750. The molecule has 0 bridgehead atoms. The third-order valence-electron chi connectivity index (χ3n) is 2.83. The molecule has 0 amide bonds. The Morgan fingerprint density at radius 3 is 2.25 bits per heavy atom. The molecule has 16 heavy (non-hydrogen) atoms. The van der Waals surface area contributed by atoms with Crippen molar-refractivity contribution < 1.29 is 14.0 Å². The highest BCUT2D eigenvalue weighted by Crippen LogP contribution is 2.22. The maximum absolute atomic E-state index is 11.5. The molecule has 0 aliphatic rings. The first-order valence-electron chi connectivity index (χ1n) is 5.91. The van der Waals surface area contributed by atoms with Gasteiger partial charge in [0.25, 0.3) is 0 Å². The molecule has 0 fully saturated rings. The Morgan fingerprint density at radius 2 is 1.94 bits per heavy atom. The standard InChI is InChI=1S/C12H24O3Si/c1-7-11(15-12(13)10(4)5)16(6,9-3)14-8-2/h11H,4,7-9H2,1-3,5-6H3. The van der Waals surface area contributed by atoms with E-state index in [0.717, 1.165) is 12.5 Å². The minimum absolute atomic E-state index is 0.0818. The van der Waals surface area contributed by atoms with Crippen molar-refractivity contribution in [3.63, 3.8) is 0 Å². The topological polar surface area (TPSA) is 35.5 Å². The summed E-state index contributed by atoms with van der Waals surface area (Å²) in [4.78, 5) is 11.5. The van der Waals surface area contributed by atoms with Crippen LogP contribution in [0.1, 0.15) is 34.1 Å². The van der Waals surface area contributed by atoms with Crippen molar-refractivity contribution in [3.05, 3.63) is 12.2 Å². The highest BCUT2D eigenvalue weighted by molar-refractivity contribution is 6.73. The average molecular weight is 244 g/mol. The van der Waals surface area contributed by atoms with E-state index in [0.29, 0.717) is 12.2 Å². The summed E-state index contributed by atoms with van der Waals surface area (Å²) in [6, 6.07) is 0.947. The number of rotatable bonds is 7. The van der Waals surface area contributed by atoms with Gasteiger partial charge in [0.2, 0.25) is 8.32 Å². The van der Waals surface area contributed by atoms with Crippen molar-refractivity contribution >= 4 is 14.3 Å². The van der Waals surface area contributed by atoms with Crippen molar-refractivity contribution in [2.45, 2.75) is 52.4 Å². The molecule has 3 nitrogen and oxygen atoms in total. The van der Waals surface area contributed by atoms with Gasteiger partial charge in [0, 0.05) is 12.2 Å². The van der Waals surface area contributed by atoms with Gasteiger partial charge in [0.05, 0.1) is 0 Å². The molecule has 0 rings (SSSR count). The predicted octanol–water partition coefficient (Wildman–Crippen LogP) is 3.06. The molecule has 0 N–H and O–H groups in total. The molecule has 0 aliphatic carbocycles. The van der Waals surface area contributed by atoms with Gasteiger partial charge in [-0.15, -0.1) is 0 Å². The Labute approximate surface area is 100.0 Å². The number of carbonyl (C=O) groups is 1. The lowest BCUT2D eigenvalue weighted by Crippen LogP contribution is -2.49. The van der Waals surface area contributed by atoms with Crippen LogP contribution in [-0.4, -0.2) is 26.6 Å². The normalized spacial score (nSPS) is 16.3. The molecule has 0 aliphatic heterocycles.